The Balaban J connectivity index is 2.19. The molecule has 1 rings (SSSR count). The van der Waals surface area contributed by atoms with Crippen molar-refractivity contribution in [2.24, 2.45) is 0 Å². The third kappa shape index (κ3) is 1.65. The van der Waals surface area contributed by atoms with Crippen molar-refractivity contribution >= 4 is 11.9 Å². The summed E-state index contributed by atoms with van der Waals surface area (Å²) in [7, 11) is 1.55. The molecule has 0 radical (unpaired) electrons. The van der Waals surface area contributed by atoms with Crippen molar-refractivity contribution in [3.8, 4) is 0 Å². The highest BCUT2D eigenvalue weighted by Gasteiger charge is 2.37. The third-order valence-corrected chi connectivity index (χ3v) is 2.41. The van der Waals surface area contributed by atoms with Crippen LogP contribution in [0.1, 0.15) is 19.8 Å². The molecule has 3 heteroatoms. The Labute approximate surface area is 54.0 Å². The van der Waals surface area contributed by atoms with Gasteiger partial charge in [0.15, 0.2) is 0 Å². The number of hydroxylamine groups is 1. The Morgan fingerprint density at radius 1 is 1.62 bits per heavy atom. The molecular weight excluding hydrogens is 122 g/mol. The van der Waals surface area contributed by atoms with Gasteiger partial charge in [0, 0.05) is 4.75 Å². The number of hydrogen-bond acceptors (Lipinski definition) is 3. The van der Waals surface area contributed by atoms with Crippen LogP contribution in [-0.2, 0) is 0 Å². The molecule has 0 aromatic rings. The van der Waals surface area contributed by atoms with Crippen LogP contribution in [0.3, 0.4) is 0 Å². The van der Waals surface area contributed by atoms with Crippen molar-refractivity contribution < 1.29 is 0 Å². The monoisotopic (exact) mass is 132 g/mol. The zero-order valence-electron chi connectivity index (χ0n) is 5.18. The molecule has 48 valence electrons. The molecule has 0 atom stereocenters. The van der Waals surface area contributed by atoms with Crippen molar-refractivity contribution in [2.45, 2.75) is 24.5 Å². The van der Waals surface area contributed by atoms with Gasteiger partial charge in [-0.05, 0) is 26.8 Å². The summed E-state index contributed by atoms with van der Waals surface area (Å²) in [5.41, 5.74) is 0. The smallest absolute Gasteiger partial charge is 0.0270 e. The van der Waals surface area contributed by atoms with Gasteiger partial charge in [-0.2, -0.15) is 0 Å². The van der Waals surface area contributed by atoms with Gasteiger partial charge in [-0.25, -0.2) is 0 Å². The summed E-state index contributed by atoms with van der Waals surface area (Å²) < 4.78 is 1.24. The molecule has 2 nitrogen and oxygen atoms in total. The van der Waals surface area contributed by atoms with Crippen LogP contribution in [0.2, 0.25) is 0 Å². The average Bonchev–Trinajstić information content (AvgIpc) is 2.17. The summed E-state index contributed by atoms with van der Waals surface area (Å²) >= 11 is 1.40. The van der Waals surface area contributed by atoms with E-state index in [1.165, 1.54) is 24.8 Å². The highest BCUT2D eigenvalue weighted by atomic mass is 32.2. The zero-order chi connectivity index (χ0) is 6.20. The minimum absolute atomic E-state index is 0.302. The van der Waals surface area contributed by atoms with Crippen molar-refractivity contribution in [2.75, 3.05) is 7.05 Å². The van der Waals surface area contributed by atoms with Gasteiger partial charge >= 0.3 is 0 Å². The summed E-state index contributed by atoms with van der Waals surface area (Å²) in [6, 6.07) is 0. The minimum atomic E-state index is 0.302. The lowest BCUT2D eigenvalue weighted by Gasteiger charge is -2.23. The fourth-order valence-electron chi connectivity index (χ4n) is 0.578. The Morgan fingerprint density at radius 2 is 2.12 bits per heavy atom. The molecule has 0 aromatic heterocycles. The van der Waals surface area contributed by atoms with Crippen LogP contribution >= 0.6 is 11.9 Å². The first-order valence-corrected chi connectivity index (χ1v) is 3.50. The Bertz CT molecular complexity index is 90.4. The molecule has 0 N–H and O–H groups in total. The lowest BCUT2D eigenvalue weighted by molar-refractivity contribution is 0.765. The lowest BCUT2D eigenvalue weighted by Crippen LogP contribution is -2.05. The molecule has 8 heavy (non-hydrogen) atoms. The second kappa shape index (κ2) is 1.90. The summed E-state index contributed by atoms with van der Waals surface area (Å²) in [5.74, 6) is 0. The molecule has 0 spiro atoms. The summed E-state index contributed by atoms with van der Waals surface area (Å²) in [6.45, 7) is 2.12. The van der Waals surface area contributed by atoms with Crippen LogP contribution in [0, 0.1) is 5.21 Å². The number of rotatable bonds is 2. The van der Waals surface area contributed by atoms with Gasteiger partial charge in [-0.3, -0.25) is 0 Å². The van der Waals surface area contributed by atoms with E-state index < -0.39 is 0 Å². The van der Waals surface area contributed by atoms with Crippen molar-refractivity contribution in [3.05, 3.63) is 5.21 Å². The molecular formula is C5H10NOS-. The largest absolute Gasteiger partial charge is 0.776 e. The SMILES string of the molecule is CN([O-])SC1(C)CC1. The van der Waals surface area contributed by atoms with Crippen LogP contribution in [0.4, 0.5) is 0 Å². The van der Waals surface area contributed by atoms with Gasteiger partial charge in [-0.15, -0.1) is 0 Å². The van der Waals surface area contributed by atoms with Crippen LogP contribution in [0.25, 0.3) is 0 Å². The van der Waals surface area contributed by atoms with Gasteiger partial charge in [0.25, 0.3) is 0 Å². The van der Waals surface area contributed by atoms with Gasteiger partial charge < -0.3 is 9.68 Å². The van der Waals surface area contributed by atoms with Crippen LogP contribution in [-0.4, -0.2) is 16.3 Å². The number of nitrogens with zero attached hydrogens (tertiary/aromatic N) is 1. The first-order chi connectivity index (χ1) is 3.62. The van der Waals surface area contributed by atoms with Gasteiger partial charge in [-0.1, -0.05) is 11.9 Å². The third-order valence-electron chi connectivity index (χ3n) is 1.30. The van der Waals surface area contributed by atoms with Crippen LogP contribution < -0.4 is 0 Å². The normalized spacial score (nSPS) is 24.0. The predicted octanol–water partition coefficient (Wildman–Crippen LogP) is 1.62. The van der Waals surface area contributed by atoms with E-state index in [0.717, 1.165) is 4.47 Å². The van der Waals surface area contributed by atoms with Crippen LogP contribution in [0.5, 0.6) is 0 Å². The summed E-state index contributed by atoms with van der Waals surface area (Å²) in [5, 5.41) is 10.4. The van der Waals surface area contributed by atoms with E-state index in [1.54, 1.807) is 7.05 Å². The van der Waals surface area contributed by atoms with Crippen LogP contribution in [0.15, 0.2) is 0 Å². The standard InChI is InChI=1S/C5H10NOS/c1-5(3-4-5)8-6(2)7/h3-4H2,1-2H3/q-1. The fourth-order valence-corrected chi connectivity index (χ4v) is 1.48. The van der Waals surface area contributed by atoms with Gasteiger partial charge in [0.05, 0.1) is 0 Å². The predicted molar refractivity (Wildman–Crippen MR) is 36.4 cm³/mol. The average molecular weight is 132 g/mol. The molecule has 1 fully saturated rings. The highest BCUT2D eigenvalue weighted by Crippen LogP contribution is 2.48. The van der Waals surface area contributed by atoms with Crippen molar-refractivity contribution in [1.82, 2.24) is 4.47 Å². The second-order valence-corrected chi connectivity index (χ2v) is 4.16. The molecule has 0 amide bonds. The maximum absolute atomic E-state index is 10.4. The molecule has 0 unspecified atom stereocenters. The minimum Gasteiger partial charge on any atom is -0.776 e. The molecule has 0 aromatic carbocycles. The van der Waals surface area contributed by atoms with E-state index in [0.29, 0.717) is 4.75 Å². The zero-order valence-corrected chi connectivity index (χ0v) is 5.99. The first kappa shape index (κ1) is 6.39. The molecule has 0 aliphatic heterocycles. The Kier molecular flexibility index (Phi) is 1.52. The van der Waals surface area contributed by atoms with E-state index >= 15 is 0 Å². The molecule has 0 heterocycles. The van der Waals surface area contributed by atoms with E-state index in [2.05, 4.69) is 6.92 Å². The maximum atomic E-state index is 10.4. The molecule has 0 saturated heterocycles. The van der Waals surface area contributed by atoms with Gasteiger partial charge in [0.1, 0.15) is 0 Å². The Morgan fingerprint density at radius 3 is 2.25 bits per heavy atom. The topological polar surface area (TPSA) is 26.3 Å². The molecule has 1 aliphatic carbocycles. The number of hydrogen-bond donors (Lipinski definition) is 0. The van der Waals surface area contributed by atoms with E-state index in [9.17, 15) is 5.21 Å². The quantitative estimate of drug-likeness (QED) is 0.422. The summed E-state index contributed by atoms with van der Waals surface area (Å²) in [4.78, 5) is 0. The fraction of sp³-hybridized carbons (Fsp3) is 1.00. The van der Waals surface area contributed by atoms with Gasteiger partial charge in [0.2, 0.25) is 0 Å². The molecule has 0 bridgehead atoms. The maximum Gasteiger partial charge on any atom is 0.0270 e. The second-order valence-electron chi connectivity index (χ2n) is 2.48. The van der Waals surface area contributed by atoms with E-state index in [-0.39, 0.29) is 0 Å². The summed E-state index contributed by atoms with van der Waals surface area (Å²) in [6.07, 6.45) is 2.40. The van der Waals surface area contributed by atoms with E-state index in [4.69, 9.17) is 0 Å². The van der Waals surface area contributed by atoms with E-state index in [1.807, 2.05) is 0 Å². The molecule has 1 aliphatic rings. The highest BCUT2D eigenvalue weighted by molar-refractivity contribution is 7.98. The van der Waals surface area contributed by atoms with Crippen molar-refractivity contribution in [1.29, 1.82) is 0 Å². The Hall–Kier alpha value is 0.270. The van der Waals surface area contributed by atoms with Crippen molar-refractivity contribution in [3.63, 3.8) is 0 Å². The molecule has 1 saturated carbocycles. The first-order valence-electron chi connectivity index (χ1n) is 2.72. The lowest BCUT2D eigenvalue weighted by atomic mass is 10.5.